The Morgan fingerprint density at radius 2 is 1.27 bits per heavy atom. The molecular formula is C24H16N2. The van der Waals surface area contributed by atoms with E-state index < -0.39 is 0 Å². The van der Waals surface area contributed by atoms with Crippen LogP contribution in [0.15, 0.2) is 97.5 Å². The third-order valence-corrected chi connectivity index (χ3v) is 4.83. The van der Waals surface area contributed by atoms with Gasteiger partial charge in [-0.05, 0) is 39.1 Å². The molecule has 4 aromatic carbocycles. The predicted molar refractivity (Wildman–Crippen MR) is 108 cm³/mol. The Bertz CT molecular complexity index is 1230. The Balaban J connectivity index is 1.76. The first kappa shape index (κ1) is 14.8. The number of rotatable bonds is 2. The second-order valence-corrected chi connectivity index (χ2v) is 6.37. The van der Waals surface area contributed by atoms with E-state index in [1.54, 1.807) is 6.33 Å². The lowest BCUT2D eigenvalue weighted by atomic mass is 9.92. The van der Waals surface area contributed by atoms with E-state index in [0.29, 0.717) is 0 Å². The van der Waals surface area contributed by atoms with Crippen molar-refractivity contribution < 1.29 is 0 Å². The van der Waals surface area contributed by atoms with Crippen LogP contribution >= 0.6 is 0 Å². The first-order valence-electron chi connectivity index (χ1n) is 8.67. The molecule has 5 aromatic rings. The van der Waals surface area contributed by atoms with E-state index >= 15 is 0 Å². The third kappa shape index (κ3) is 2.44. The van der Waals surface area contributed by atoms with Crippen molar-refractivity contribution in [2.24, 2.45) is 0 Å². The van der Waals surface area contributed by atoms with Crippen molar-refractivity contribution in [1.29, 1.82) is 0 Å². The van der Waals surface area contributed by atoms with Crippen LogP contribution < -0.4 is 0 Å². The van der Waals surface area contributed by atoms with Gasteiger partial charge in [0.1, 0.15) is 6.33 Å². The summed E-state index contributed by atoms with van der Waals surface area (Å²) in [5.74, 6) is 0. The molecule has 0 saturated carbocycles. The quantitative estimate of drug-likeness (QED) is 0.389. The first-order valence-corrected chi connectivity index (χ1v) is 8.67. The number of hydrogen-bond acceptors (Lipinski definition) is 2. The highest BCUT2D eigenvalue weighted by Gasteiger charge is 2.09. The van der Waals surface area contributed by atoms with Crippen LogP contribution in [0.2, 0.25) is 0 Å². The summed E-state index contributed by atoms with van der Waals surface area (Å²) in [7, 11) is 0. The van der Waals surface area contributed by atoms with Crippen LogP contribution in [0.1, 0.15) is 0 Å². The van der Waals surface area contributed by atoms with Crippen LogP contribution in [0.4, 0.5) is 0 Å². The van der Waals surface area contributed by atoms with Crippen molar-refractivity contribution in [3.05, 3.63) is 97.5 Å². The Labute approximate surface area is 151 Å². The molecule has 26 heavy (non-hydrogen) atoms. The van der Waals surface area contributed by atoms with Gasteiger partial charge in [0.05, 0.1) is 5.52 Å². The molecule has 2 nitrogen and oxygen atoms in total. The maximum atomic E-state index is 4.40. The van der Waals surface area contributed by atoms with Crippen LogP contribution in [0.5, 0.6) is 0 Å². The standard InChI is InChI=1S/C24H16N2/c1-2-6-17(7-3-1)20-12-13-21(23-9-5-4-8-22(20)23)18-10-11-19-15-25-16-26-24(19)14-18/h1-16H. The van der Waals surface area contributed by atoms with E-state index in [1.807, 2.05) is 6.20 Å². The average molecular weight is 332 g/mol. The van der Waals surface area contributed by atoms with Gasteiger partial charge in [-0.25, -0.2) is 9.97 Å². The lowest BCUT2D eigenvalue weighted by Gasteiger charge is -2.12. The highest BCUT2D eigenvalue weighted by Crippen LogP contribution is 2.36. The molecule has 0 radical (unpaired) electrons. The first-order chi connectivity index (χ1) is 12.9. The minimum Gasteiger partial charge on any atom is -0.244 e. The van der Waals surface area contributed by atoms with Crippen molar-refractivity contribution in [1.82, 2.24) is 9.97 Å². The molecule has 0 aliphatic heterocycles. The fourth-order valence-electron chi connectivity index (χ4n) is 3.56. The molecule has 0 fully saturated rings. The van der Waals surface area contributed by atoms with E-state index in [9.17, 15) is 0 Å². The van der Waals surface area contributed by atoms with Gasteiger partial charge in [-0.3, -0.25) is 0 Å². The fourth-order valence-corrected chi connectivity index (χ4v) is 3.56. The van der Waals surface area contributed by atoms with Crippen LogP contribution in [0.3, 0.4) is 0 Å². The molecule has 0 spiro atoms. The molecule has 0 amide bonds. The number of hydrogen-bond donors (Lipinski definition) is 0. The normalized spacial score (nSPS) is 11.1. The molecule has 0 atom stereocenters. The molecule has 1 heterocycles. The fraction of sp³-hybridized carbons (Fsp3) is 0. The molecule has 0 aliphatic carbocycles. The van der Waals surface area contributed by atoms with E-state index in [2.05, 4.69) is 94.9 Å². The minimum atomic E-state index is 0.966. The second-order valence-electron chi connectivity index (χ2n) is 6.37. The maximum absolute atomic E-state index is 4.40. The van der Waals surface area contributed by atoms with Gasteiger partial charge in [0.2, 0.25) is 0 Å². The third-order valence-electron chi connectivity index (χ3n) is 4.83. The largest absolute Gasteiger partial charge is 0.244 e. The summed E-state index contributed by atoms with van der Waals surface area (Å²) >= 11 is 0. The summed E-state index contributed by atoms with van der Waals surface area (Å²) in [6.45, 7) is 0. The molecule has 2 heteroatoms. The Morgan fingerprint density at radius 3 is 2.04 bits per heavy atom. The Hall–Kier alpha value is -3.52. The zero-order valence-electron chi connectivity index (χ0n) is 14.1. The summed E-state index contributed by atoms with van der Waals surface area (Å²) in [5.41, 5.74) is 5.86. The van der Waals surface area contributed by atoms with Gasteiger partial charge in [0, 0.05) is 11.6 Å². The Kier molecular flexibility index (Phi) is 3.46. The summed E-state index contributed by atoms with van der Waals surface area (Å²) in [6, 6.07) is 30.0. The average Bonchev–Trinajstić information content (AvgIpc) is 2.73. The van der Waals surface area contributed by atoms with Gasteiger partial charge in [-0.1, -0.05) is 78.9 Å². The second kappa shape index (κ2) is 6.08. The van der Waals surface area contributed by atoms with Crippen molar-refractivity contribution in [2.75, 3.05) is 0 Å². The highest BCUT2D eigenvalue weighted by molar-refractivity contribution is 6.05. The molecule has 0 saturated heterocycles. The summed E-state index contributed by atoms with van der Waals surface area (Å²) in [6.07, 6.45) is 3.45. The SMILES string of the molecule is c1ccc(-c2ccc(-c3ccc4cncnc4c3)c3ccccc23)cc1. The van der Waals surface area contributed by atoms with Gasteiger partial charge in [-0.2, -0.15) is 0 Å². The summed E-state index contributed by atoms with van der Waals surface area (Å²) in [4.78, 5) is 8.50. The summed E-state index contributed by atoms with van der Waals surface area (Å²) in [5, 5.41) is 3.57. The van der Waals surface area contributed by atoms with E-state index in [-0.39, 0.29) is 0 Å². The van der Waals surface area contributed by atoms with Gasteiger partial charge in [-0.15, -0.1) is 0 Å². The van der Waals surface area contributed by atoms with Crippen molar-refractivity contribution >= 4 is 21.7 Å². The monoisotopic (exact) mass is 332 g/mol. The molecule has 1 aromatic heterocycles. The minimum absolute atomic E-state index is 0.966. The number of nitrogens with zero attached hydrogens (tertiary/aromatic N) is 2. The van der Waals surface area contributed by atoms with Crippen LogP contribution in [0.25, 0.3) is 43.9 Å². The highest BCUT2D eigenvalue weighted by atomic mass is 14.8. The van der Waals surface area contributed by atoms with Crippen molar-refractivity contribution in [3.63, 3.8) is 0 Å². The smallest absolute Gasteiger partial charge is 0.116 e. The van der Waals surface area contributed by atoms with Crippen LogP contribution in [0, 0.1) is 0 Å². The number of aromatic nitrogens is 2. The van der Waals surface area contributed by atoms with E-state index in [0.717, 1.165) is 10.9 Å². The topological polar surface area (TPSA) is 25.8 Å². The molecule has 0 aliphatic rings. The summed E-state index contributed by atoms with van der Waals surface area (Å²) < 4.78 is 0. The molecule has 0 bridgehead atoms. The number of fused-ring (bicyclic) bond motifs is 2. The van der Waals surface area contributed by atoms with E-state index in [4.69, 9.17) is 0 Å². The molecule has 0 unspecified atom stereocenters. The maximum Gasteiger partial charge on any atom is 0.116 e. The predicted octanol–water partition coefficient (Wildman–Crippen LogP) is 6.12. The van der Waals surface area contributed by atoms with Gasteiger partial charge in [0.25, 0.3) is 0 Å². The van der Waals surface area contributed by atoms with Gasteiger partial charge in [0.15, 0.2) is 0 Å². The molecule has 122 valence electrons. The van der Waals surface area contributed by atoms with Crippen molar-refractivity contribution in [3.8, 4) is 22.3 Å². The molecular weight excluding hydrogens is 316 g/mol. The van der Waals surface area contributed by atoms with E-state index in [1.165, 1.54) is 33.0 Å². The molecule has 0 N–H and O–H groups in total. The Morgan fingerprint density at radius 1 is 0.577 bits per heavy atom. The molecule has 5 rings (SSSR count). The van der Waals surface area contributed by atoms with Crippen LogP contribution in [-0.4, -0.2) is 9.97 Å². The van der Waals surface area contributed by atoms with Crippen LogP contribution in [-0.2, 0) is 0 Å². The zero-order chi connectivity index (χ0) is 17.3. The lowest BCUT2D eigenvalue weighted by Crippen LogP contribution is -1.87. The van der Waals surface area contributed by atoms with Crippen molar-refractivity contribution in [2.45, 2.75) is 0 Å². The zero-order valence-corrected chi connectivity index (χ0v) is 14.1. The van der Waals surface area contributed by atoms with Gasteiger partial charge < -0.3 is 0 Å². The van der Waals surface area contributed by atoms with Gasteiger partial charge >= 0.3 is 0 Å². The number of benzene rings is 4. The lowest BCUT2D eigenvalue weighted by molar-refractivity contribution is 1.22.